The molecule has 25 heavy (non-hydrogen) atoms. The van der Waals surface area contributed by atoms with Gasteiger partial charge in [0, 0.05) is 25.7 Å². The second-order valence-corrected chi connectivity index (χ2v) is 7.73. The van der Waals surface area contributed by atoms with E-state index in [1.54, 1.807) is 0 Å². The number of rotatable bonds is 6. The van der Waals surface area contributed by atoms with Crippen LogP contribution in [0, 0.1) is 0 Å². The van der Waals surface area contributed by atoms with Gasteiger partial charge in [-0.05, 0) is 37.7 Å². The molecular weight excluding hydrogens is 312 g/mol. The molecule has 1 atom stereocenters. The summed E-state index contributed by atoms with van der Waals surface area (Å²) in [5, 5.41) is 14.5. The first-order valence-electron chi connectivity index (χ1n) is 9.96. The monoisotopic (exact) mass is 344 g/mol. The number of nitrogens with one attached hydrogen (secondary N) is 1. The van der Waals surface area contributed by atoms with Gasteiger partial charge in [0.05, 0.1) is 0 Å². The molecule has 0 aromatic heterocycles. The zero-order valence-electron chi connectivity index (χ0n) is 15.3. The van der Waals surface area contributed by atoms with E-state index >= 15 is 0 Å². The number of carbonyl (C=O) groups is 1. The van der Waals surface area contributed by atoms with Crippen molar-refractivity contribution in [2.75, 3.05) is 19.6 Å². The largest absolute Gasteiger partial charge is 0.379 e. The third-order valence-corrected chi connectivity index (χ3v) is 5.76. The minimum atomic E-state index is -1.22. The van der Waals surface area contributed by atoms with Gasteiger partial charge in [-0.3, -0.25) is 4.79 Å². The van der Waals surface area contributed by atoms with Crippen LogP contribution in [0.4, 0.5) is 0 Å². The van der Waals surface area contributed by atoms with Gasteiger partial charge in [0.1, 0.15) is 0 Å². The lowest BCUT2D eigenvalue weighted by Gasteiger charge is -2.39. The molecule has 2 fully saturated rings. The van der Waals surface area contributed by atoms with Crippen molar-refractivity contribution < 1.29 is 9.90 Å². The average Bonchev–Trinajstić information content (AvgIpc) is 2.91. The summed E-state index contributed by atoms with van der Waals surface area (Å²) in [4.78, 5) is 14.7. The minimum absolute atomic E-state index is 0.0872. The van der Waals surface area contributed by atoms with Crippen LogP contribution >= 0.6 is 0 Å². The maximum atomic E-state index is 12.8. The summed E-state index contributed by atoms with van der Waals surface area (Å²) in [5.41, 5.74) is 0.0160. The van der Waals surface area contributed by atoms with E-state index in [9.17, 15) is 9.90 Å². The Kier molecular flexibility index (Phi) is 6.49. The molecule has 2 aliphatic rings. The Balaban J connectivity index is 1.52. The number of hydrogen-bond acceptors (Lipinski definition) is 3. The van der Waals surface area contributed by atoms with E-state index in [0.717, 1.165) is 19.4 Å². The molecular formula is C21H32N2O2. The van der Waals surface area contributed by atoms with E-state index in [1.165, 1.54) is 44.1 Å². The molecule has 0 spiro atoms. The number of benzene rings is 1. The van der Waals surface area contributed by atoms with Gasteiger partial charge in [-0.2, -0.15) is 0 Å². The molecule has 1 aromatic carbocycles. The van der Waals surface area contributed by atoms with Crippen LogP contribution in [0.15, 0.2) is 30.3 Å². The molecule has 138 valence electrons. The predicted molar refractivity (Wildman–Crippen MR) is 100 cm³/mol. The lowest BCUT2D eigenvalue weighted by molar-refractivity contribution is -0.156. The Morgan fingerprint density at radius 3 is 2.52 bits per heavy atom. The van der Waals surface area contributed by atoms with Crippen molar-refractivity contribution in [1.82, 2.24) is 10.2 Å². The van der Waals surface area contributed by atoms with Gasteiger partial charge in [0.25, 0.3) is 5.91 Å². The Hall–Kier alpha value is -1.39. The average molecular weight is 344 g/mol. The van der Waals surface area contributed by atoms with Crippen LogP contribution in [0.3, 0.4) is 0 Å². The molecule has 1 heterocycles. The third-order valence-electron chi connectivity index (χ3n) is 5.76. The summed E-state index contributed by atoms with van der Waals surface area (Å²) in [6, 6.07) is 10.7. The molecule has 4 nitrogen and oxygen atoms in total. The molecule has 1 unspecified atom stereocenters. The minimum Gasteiger partial charge on any atom is -0.379 e. The first kappa shape index (κ1) is 18.4. The topological polar surface area (TPSA) is 52.6 Å². The van der Waals surface area contributed by atoms with Crippen molar-refractivity contribution in [2.45, 2.75) is 69.4 Å². The van der Waals surface area contributed by atoms with Crippen molar-refractivity contribution in [3.63, 3.8) is 0 Å². The Bertz CT molecular complexity index is 540. The van der Waals surface area contributed by atoms with Crippen LogP contribution in [-0.2, 0) is 11.2 Å². The SMILES string of the molecule is O=C1N(CCc2ccccc2)CCCC1(O)CNC1CCCCCC1. The van der Waals surface area contributed by atoms with Gasteiger partial charge in [0.15, 0.2) is 5.60 Å². The molecule has 1 aliphatic heterocycles. The van der Waals surface area contributed by atoms with Gasteiger partial charge < -0.3 is 15.3 Å². The number of likely N-dealkylation sites (tertiary alicyclic amines) is 1. The summed E-state index contributed by atoms with van der Waals surface area (Å²) < 4.78 is 0. The van der Waals surface area contributed by atoms with E-state index in [0.29, 0.717) is 25.6 Å². The molecule has 1 saturated heterocycles. The van der Waals surface area contributed by atoms with Crippen LogP contribution in [-0.4, -0.2) is 47.2 Å². The number of piperidine rings is 1. The molecule has 1 amide bonds. The quantitative estimate of drug-likeness (QED) is 0.780. The summed E-state index contributed by atoms with van der Waals surface area (Å²) in [5.74, 6) is -0.0872. The van der Waals surface area contributed by atoms with Crippen molar-refractivity contribution in [3.8, 4) is 0 Å². The maximum Gasteiger partial charge on any atom is 0.255 e. The second-order valence-electron chi connectivity index (χ2n) is 7.73. The molecule has 1 aliphatic carbocycles. The fourth-order valence-electron chi connectivity index (χ4n) is 4.15. The Labute approximate surface area is 151 Å². The highest BCUT2D eigenvalue weighted by Crippen LogP contribution is 2.24. The summed E-state index contributed by atoms with van der Waals surface area (Å²) in [6.45, 7) is 1.85. The van der Waals surface area contributed by atoms with Gasteiger partial charge in [0.2, 0.25) is 0 Å². The summed E-state index contributed by atoms with van der Waals surface area (Å²) in [7, 11) is 0. The van der Waals surface area contributed by atoms with Crippen LogP contribution in [0.1, 0.15) is 56.9 Å². The fraction of sp³-hybridized carbons (Fsp3) is 0.667. The van der Waals surface area contributed by atoms with Crippen LogP contribution in [0.5, 0.6) is 0 Å². The van der Waals surface area contributed by atoms with Crippen molar-refractivity contribution in [1.29, 1.82) is 0 Å². The predicted octanol–water partition coefficient (Wildman–Crippen LogP) is 2.90. The molecule has 2 N–H and O–H groups in total. The Morgan fingerprint density at radius 2 is 1.80 bits per heavy atom. The van der Waals surface area contributed by atoms with Crippen LogP contribution in [0.2, 0.25) is 0 Å². The van der Waals surface area contributed by atoms with Crippen LogP contribution < -0.4 is 5.32 Å². The normalized spacial score (nSPS) is 25.8. The first-order chi connectivity index (χ1) is 12.2. The summed E-state index contributed by atoms with van der Waals surface area (Å²) in [6.07, 6.45) is 9.78. The number of nitrogens with zero attached hydrogens (tertiary/aromatic N) is 1. The van der Waals surface area contributed by atoms with Crippen molar-refractivity contribution >= 4 is 5.91 Å². The lowest BCUT2D eigenvalue weighted by Crippen LogP contribution is -2.59. The molecule has 4 heteroatoms. The van der Waals surface area contributed by atoms with E-state index in [4.69, 9.17) is 0 Å². The van der Waals surface area contributed by atoms with Crippen LogP contribution in [0.25, 0.3) is 0 Å². The fourth-order valence-corrected chi connectivity index (χ4v) is 4.15. The summed E-state index contributed by atoms with van der Waals surface area (Å²) >= 11 is 0. The molecule has 0 bridgehead atoms. The van der Waals surface area contributed by atoms with E-state index in [2.05, 4.69) is 17.4 Å². The number of hydrogen-bond donors (Lipinski definition) is 2. The van der Waals surface area contributed by atoms with Crippen molar-refractivity contribution in [3.05, 3.63) is 35.9 Å². The van der Waals surface area contributed by atoms with E-state index in [-0.39, 0.29) is 5.91 Å². The number of carbonyl (C=O) groups excluding carboxylic acids is 1. The van der Waals surface area contributed by atoms with Gasteiger partial charge in [-0.15, -0.1) is 0 Å². The lowest BCUT2D eigenvalue weighted by atomic mass is 9.90. The molecule has 0 radical (unpaired) electrons. The van der Waals surface area contributed by atoms with Gasteiger partial charge in [-0.25, -0.2) is 0 Å². The number of amides is 1. The van der Waals surface area contributed by atoms with Gasteiger partial charge in [-0.1, -0.05) is 56.0 Å². The van der Waals surface area contributed by atoms with E-state index < -0.39 is 5.60 Å². The zero-order valence-corrected chi connectivity index (χ0v) is 15.3. The second kappa shape index (κ2) is 8.81. The van der Waals surface area contributed by atoms with Gasteiger partial charge >= 0.3 is 0 Å². The van der Waals surface area contributed by atoms with Crippen molar-refractivity contribution in [2.24, 2.45) is 0 Å². The number of aliphatic hydroxyl groups is 1. The standard InChI is InChI=1S/C21H32N2O2/c24-20-21(25,17-22-19-11-6-1-2-7-12-19)14-8-15-23(20)16-13-18-9-4-3-5-10-18/h3-5,9-10,19,22,25H,1-2,6-8,11-17H2. The third kappa shape index (κ3) is 5.05. The molecule has 1 saturated carbocycles. The zero-order chi connectivity index (χ0) is 17.5. The molecule has 1 aromatic rings. The molecule has 3 rings (SSSR count). The highest BCUT2D eigenvalue weighted by atomic mass is 16.3. The first-order valence-corrected chi connectivity index (χ1v) is 9.96. The highest BCUT2D eigenvalue weighted by molar-refractivity contribution is 5.86. The highest BCUT2D eigenvalue weighted by Gasteiger charge is 2.42. The smallest absolute Gasteiger partial charge is 0.255 e. The van der Waals surface area contributed by atoms with E-state index in [1.807, 2.05) is 23.1 Å². The maximum absolute atomic E-state index is 12.8. The Morgan fingerprint density at radius 1 is 1.08 bits per heavy atom.